The molecule has 0 spiro atoms. The van der Waals surface area contributed by atoms with E-state index in [1.54, 1.807) is 0 Å². The van der Waals surface area contributed by atoms with Gasteiger partial charge in [0.15, 0.2) is 6.10 Å². The van der Waals surface area contributed by atoms with Crippen molar-refractivity contribution in [2.24, 2.45) is 0 Å². The average Bonchev–Trinajstić information content (AvgIpc) is 3.05. The lowest BCUT2D eigenvalue weighted by atomic mass is 10.1. The maximum Gasteiger partial charge on any atom is 0.306 e. The Kier molecular flexibility index (Phi) is 34.1. The van der Waals surface area contributed by atoms with Crippen LogP contribution in [-0.2, 0) is 28.6 Å². The molecule has 6 nitrogen and oxygen atoms in total. The molecule has 0 fully saturated rings. The van der Waals surface area contributed by atoms with Gasteiger partial charge in [-0.15, -0.1) is 0 Å². The largest absolute Gasteiger partial charge is 0.462 e. The van der Waals surface area contributed by atoms with Gasteiger partial charge < -0.3 is 14.2 Å². The monoisotopic (exact) mass is 649 g/mol. The molecule has 0 bridgehead atoms. The van der Waals surface area contributed by atoms with Crippen molar-refractivity contribution in [2.75, 3.05) is 13.2 Å². The van der Waals surface area contributed by atoms with Gasteiger partial charge in [0.1, 0.15) is 13.2 Å². The van der Waals surface area contributed by atoms with Gasteiger partial charge >= 0.3 is 17.9 Å². The molecule has 0 rings (SSSR count). The molecule has 0 aromatic heterocycles. The van der Waals surface area contributed by atoms with Gasteiger partial charge in [-0.1, -0.05) is 141 Å². The van der Waals surface area contributed by atoms with Crippen molar-refractivity contribution in [3.63, 3.8) is 0 Å². The van der Waals surface area contributed by atoms with Crippen molar-refractivity contribution in [3.05, 3.63) is 24.3 Å². The summed E-state index contributed by atoms with van der Waals surface area (Å²) in [5, 5.41) is 0. The number of ether oxygens (including phenoxy) is 3. The second-order valence-corrected chi connectivity index (χ2v) is 12.8. The average molecular weight is 649 g/mol. The first-order chi connectivity index (χ1) is 22.5. The van der Waals surface area contributed by atoms with Crippen LogP contribution < -0.4 is 0 Å². The lowest BCUT2D eigenvalue weighted by Gasteiger charge is -2.18. The van der Waals surface area contributed by atoms with E-state index in [0.717, 1.165) is 89.9 Å². The number of hydrogen-bond donors (Lipinski definition) is 0. The van der Waals surface area contributed by atoms with Gasteiger partial charge in [-0.3, -0.25) is 14.4 Å². The highest BCUT2D eigenvalue weighted by Crippen LogP contribution is 2.13. The minimum Gasteiger partial charge on any atom is -0.462 e. The van der Waals surface area contributed by atoms with E-state index in [2.05, 4.69) is 45.1 Å². The summed E-state index contributed by atoms with van der Waals surface area (Å²) in [5.74, 6) is -0.908. The molecular formula is C40H72O6. The van der Waals surface area contributed by atoms with E-state index in [-0.39, 0.29) is 31.1 Å². The van der Waals surface area contributed by atoms with Gasteiger partial charge in [0, 0.05) is 19.3 Å². The second kappa shape index (κ2) is 35.7. The molecule has 0 saturated carbocycles. The lowest BCUT2D eigenvalue weighted by Crippen LogP contribution is -2.30. The molecule has 46 heavy (non-hydrogen) atoms. The molecule has 1 atom stereocenters. The van der Waals surface area contributed by atoms with Crippen LogP contribution >= 0.6 is 0 Å². The third kappa shape index (κ3) is 33.3. The van der Waals surface area contributed by atoms with Gasteiger partial charge in [0.2, 0.25) is 0 Å². The fraction of sp³-hybridized carbons (Fsp3) is 0.825. The second-order valence-electron chi connectivity index (χ2n) is 12.8. The quantitative estimate of drug-likeness (QED) is 0.0299. The zero-order valence-electron chi connectivity index (χ0n) is 30.3. The fourth-order valence-electron chi connectivity index (χ4n) is 5.21. The number of carbonyl (C=O) groups excluding carboxylic acids is 3. The van der Waals surface area contributed by atoms with Crippen molar-refractivity contribution in [1.29, 1.82) is 0 Å². The van der Waals surface area contributed by atoms with E-state index >= 15 is 0 Å². The van der Waals surface area contributed by atoms with Gasteiger partial charge in [-0.2, -0.15) is 0 Å². The molecule has 0 aliphatic heterocycles. The van der Waals surface area contributed by atoms with Crippen LogP contribution in [0.5, 0.6) is 0 Å². The van der Waals surface area contributed by atoms with Crippen LogP contribution in [0.4, 0.5) is 0 Å². The van der Waals surface area contributed by atoms with E-state index in [0.29, 0.717) is 19.3 Å². The highest BCUT2D eigenvalue weighted by atomic mass is 16.6. The van der Waals surface area contributed by atoms with Gasteiger partial charge in [0.05, 0.1) is 0 Å². The Balaban J connectivity index is 4.39. The Bertz CT molecular complexity index is 759. The molecule has 0 aliphatic rings. The molecule has 0 aromatic carbocycles. The molecule has 6 heteroatoms. The fourth-order valence-corrected chi connectivity index (χ4v) is 5.21. The minimum atomic E-state index is -0.769. The standard InChI is InChI=1S/C40H72O6/c1-4-7-10-13-16-19-21-24-27-30-33-39(42)45-36-37(35-44-38(41)32-29-26-23-18-15-12-9-6-3)46-40(43)34-31-28-25-22-20-17-14-11-8-5-2/h10-11,13-14,37H,4-9,12,15-36H2,1-3H3/b13-10-,14-11-. The normalized spacial score (nSPS) is 12.2. The van der Waals surface area contributed by atoms with E-state index in [1.165, 1.54) is 64.2 Å². The number of carbonyl (C=O) groups is 3. The topological polar surface area (TPSA) is 78.9 Å². The molecule has 0 N–H and O–H groups in total. The summed E-state index contributed by atoms with van der Waals surface area (Å²) < 4.78 is 16.5. The number of hydrogen-bond acceptors (Lipinski definition) is 6. The van der Waals surface area contributed by atoms with E-state index in [4.69, 9.17) is 14.2 Å². The van der Waals surface area contributed by atoms with E-state index in [9.17, 15) is 14.4 Å². The number of rotatable bonds is 34. The number of allylic oxidation sites excluding steroid dienone is 4. The van der Waals surface area contributed by atoms with Crippen molar-refractivity contribution in [2.45, 2.75) is 200 Å². The summed E-state index contributed by atoms with van der Waals surface area (Å²) in [6.45, 7) is 6.44. The zero-order chi connectivity index (χ0) is 33.8. The van der Waals surface area contributed by atoms with Gasteiger partial charge in [-0.25, -0.2) is 0 Å². The van der Waals surface area contributed by atoms with Crippen LogP contribution in [0.25, 0.3) is 0 Å². The Labute approximate surface area is 283 Å². The summed E-state index contributed by atoms with van der Waals surface area (Å²) in [6.07, 6.45) is 36.0. The van der Waals surface area contributed by atoms with Gasteiger partial charge in [0.25, 0.3) is 0 Å². The number of esters is 3. The van der Waals surface area contributed by atoms with Crippen molar-refractivity contribution >= 4 is 17.9 Å². The van der Waals surface area contributed by atoms with Crippen LogP contribution in [0, 0.1) is 0 Å². The highest BCUT2D eigenvalue weighted by molar-refractivity contribution is 5.71. The van der Waals surface area contributed by atoms with Crippen molar-refractivity contribution in [3.8, 4) is 0 Å². The summed E-state index contributed by atoms with van der Waals surface area (Å²) >= 11 is 0. The van der Waals surface area contributed by atoms with Gasteiger partial charge in [-0.05, 0) is 57.8 Å². The predicted octanol–water partition coefficient (Wildman–Crippen LogP) is 11.7. The first kappa shape index (κ1) is 43.9. The van der Waals surface area contributed by atoms with Crippen LogP contribution in [0.3, 0.4) is 0 Å². The maximum absolute atomic E-state index is 12.6. The zero-order valence-corrected chi connectivity index (χ0v) is 30.3. The predicted molar refractivity (Wildman–Crippen MR) is 192 cm³/mol. The SMILES string of the molecule is CCC/C=C\CCCCCCCC(=O)OCC(COC(=O)CCCCCCCCCC)OC(=O)CCCCCCC/C=C\CCC. The van der Waals surface area contributed by atoms with E-state index in [1.807, 2.05) is 0 Å². The van der Waals surface area contributed by atoms with Crippen molar-refractivity contribution in [1.82, 2.24) is 0 Å². The molecule has 0 saturated heterocycles. The smallest absolute Gasteiger partial charge is 0.306 e. The first-order valence-corrected chi connectivity index (χ1v) is 19.3. The Morgan fingerprint density at radius 2 is 0.761 bits per heavy atom. The maximum atomic E-state index is 12.6. The summed E-state index contributed by atoms with van der Waals surface area (Å²) in [7, 11) is 0. The third-order valence-electron chi connectivity index (χ3n) is 8.14. The summed E-state index contributed by atoms with van der Waals surface area (Å²) in [4.78, 5) is 37.3. The van der Waals surface area contributed by atoms with E-state index < -0.39 is 6.10 Å². The Hall–Kier alpha value is -2.11. The molecular weight excluding hydrogens is 576 g/mol. The molecule has 0 aliphatic carbocycles. The molecule has 0 radical (unpaired) electrons. The van der Waals surface area contributed by atoms with Crippen molar-refractivity contribution < 1.29 is 28.6 Å². The Morgan fingerprint density at radius 1 is 0.413 bits per heavy atom. The molecule has 0 heterocycles. The minimum absolute atomic E-state index is 0.0763. The molecule has 0 aromatic rings. The lowest BCUT2D eigenvalue weighted by molar-refractivity contribution is -0.167. The van der Waals surface area contributed by atoms with Crippen LogP contribution in [-0.4, -0.2) is 37.2 Å². The third-order valence-corrected chi connectivity index (χ3v) is 8.14. The first-order valence-electron chi connectivity index (χ1n) is 19.3. The van der Waals surface area contributed by atoms with Crippen LogP contribution in [0.2, 0.25) is 0 Å². The molecule has 1 unspecified atom stereocenters. The summed E-state index contributed by atoms with van der Waals surface area (Å²) in [6, 6.07) is 0. The number of unbranched alkanes of at least 4 members (excludes halogenated alkanes) is 19. The highest BCUT2D eigenvalue weighted by Gasteiger charge is 2.19. The van der Waals surface area contributed by atoms with Crippen LogP contribution in [0.1, 0.15) is 194 Å². The molecule has 0 amide bonds. The van der Waals surface area contributed by atoms with Crippen LogP contribution in [0.15, 0.2) is 24.3 Å². The Morgan fingerprint density at radius 3 is 1.17 bits per heavy atom. The summed E-state index contributed by atoms with van der Waals surface area (Å²) in [5.41, 5.74) is 0. The molecule has 268 valence electrons.